The van der Waals surface area contributed by atoms with Crippen LogP contribution in [0.15, 0.2) is 0 Å². The lowest BCUT2D eigenvalue weighted by Gasteiger charge is -2.38. The molecule has 0 atom stereocenters. The number of rotatable bonds is 11. The fraction of sp³-hybridized carbons (Fsp3) is 1.00. The van der Waals surface area contributed by atoms with E-state index >= 15 is 0 Å². The van der Waals surface area contributed by atoms with E-state index in [-0.39, 0.29) is 0 Å². The van der Waals surface area contributed by atoms with Gasteiger partial charge in [-0.05, 0) is 32.9 Å². The second-order valence-electron chi connectivity index (χ2n) is 6.53. The van der Waals surface area contributed by atoms with Gasteiger partial charge in [-0.1, -0.05) is 64.7 Å². The van der Waals surface area contributed by atoms with Gasteiger partial charge in [0.05, 0.1) is 0 Å². The molecule has 0 spiro atoms. The summed E-state index contributed by atoms with van der Waals surface area (Å²) in [6.07, 6.45) is 16.6. The standard InChI is InChI=1S/C17H36N2/c1-3-4-5-6-7-8-9-12-15-19(2)17(16-18)13-10-11-14-17/h3-16,18H2,1-2H3. The van der Waals surface area contributed by atoms with Crippen molar-refractivity contribution in [2.24, 2.45) is 5.73 Å². The molecule has 1 aliphatic rings. The van der Waals surface area contributed by atoms with Gasteiger partial charge in [0.15, 0.2) is 0 Å². The smallest absolute Gasteiger partial charge is 0.0328 e. The summed E-state index contributed by atoms with van der Waals surface area (Å²) in [6.45, 7) is 4.37. The molecule has 2 nitrogen and oxygen atoms in total. The molecule has 1 rings (SSSR count). The van der Waals surface area contributed by atoms with E-state index < -0.39 is 0 Å². The summed E-state index contributed by atoms with van der Waals surface area (Å²) in [4.78, 5) is 2.57. The molecular weight excluding hydrogens is 232 g/mol. The molecular formula is C17H36N2. The Bertz CT molecular complexity index is 209. The van der Waals surface area contributed by atoms with Crippen LogP contribution in [0.4, 0.5) is 0 Å². The Labute approximate surface area is 121 Å². The molecule has 1 fully saturated rings. The van der Waals surface area contributed by atoms with Gasteiger partial charge in [-0.15, -0.1) is 0 Å². The summed E-state index contributed by atoms with van der Waals surface area (Å²) in [5, 5.41) is 0. The summed E-state index contributed by atoms with van der Waals surface area (Å²) in [6, 6.07) is 0. The fourth-order valence-corrected chi connectivity index (χ4v) is 3.49. The summed E-state index contributed by atoms with van der Waals surface area (Å²) >= 11 is 0. The highest BCUT2D eigenvalue weighted by Gasteiger charge is 2.35. The van der Waals surface area contributed by atoms with Crippen molar-refractivity contribution >= 4 is 0 Å². The Hall–Kier alpha value is -0.0800. The van der Waals surface area contributed by atoms with Gasteiger partial charge in [-0.25, -0.2) is 0 Å². The van der Waals surface area contributed by atoms with Crippen LogP contribution < -0.4 is 5.73 Å². The van der Waals surface area contributed by atoms with Crippen molar-refractivity contribution in [3.05, 3.63) is 0 Å². The minimum Gasteiger partial charge on any atom is -0.329 e. The van der Waals surface area contributed by atoms with Crippen LogP contribution in [0.3, 0.4) is 0 Å². The van der Waals surface area contributed by atoms with Crippen molar-refractivity contribution in [1.82, 2.24) is 4.90 Å². The molecule has 0 heterocycles. The van der Waals surface area contributed by atoms with Gasteiger partial charge >= 0.3 is 0 Å². The van der Waals surface area contributed by atoms with E-state index in [0.29, 0.717) is 5.54 Å². The van der Waals surface area contributed by atoms with Crippen molar-refractivity contribution in [1.29, 1.82) is 0 Å². The average Bonchev–Trinajstić information content (AvgIpc) is 2.91. The molecule has 0 aliphatic heterocycles. The lowest BCUT2D eigenvalue weighted by molar-refractivity contribution is 0.129. The molecule has 0 aromatic rings. The van der Waals surface area contributed by atoms with Crippen LogP contribution in [-0.2, 0) is 0 Å². The van der Waals surface area contributed by atoms with Gasteiger partial charge in [0.25, 0.3) is 0 Å². The zero-order valence-corrected chi connectivity index (χ0v) is 13.4. The van der Waals surface area contributed by atoms with Crippen molar-refractivity contribution in [2.75, 3.05) is 20.1 Å². The monoisotopic (exact) mass is 268 g/mol. The summed E-state index contributed by atoms with van der Waals surface area (Å²) in [7, 11) is 2.29. The maximum atomic E-state index is 6.03. The largest absolute Gasteiger partial charge is 0.329 e. The quantitative estimate of drug-likeness (QED) is 0.565. The van der Waals surface area contributed by atoms with Crippen LogP contribution in [0.25, 0.3) is 0 Å². The van der Waals surface area contributed by atoms with Crippen LogP contribution in [0.5, 0.6) is 0 Å². The zero-order valence-electron chi connectivity index (χ0n) is 13.4. The van der Waals surface area contributed by atoms with Crippen LogP contribution in [0, 0.1) is 0 Å². The molecule has 1 aliphatic carbocycles. The van der Waals surface area contributed by atoms with Gasteiger partial charge in [0.2, 0.25) is 0 Å². The summed E-state index contributed by atoms with van der Waals surface area (Å²) in [5.41, 5.74) is 6.37. The van der Waals surface area contributed by atoms with Gasteiger partial charge < -0.3 is 5.73 Å². The minimum atomic E-state index is 0.348. The van der Waals surface area contributed by atoms with Crippen LogP contribution >= 0.6 is 0 Å². The van der Waals surface area contributed by atoms with E-state index in [1.54, 1.807) is 0 Å². The molecule has 2 heteroatoms. The van der Waals surface area contributed by atoms with E-state index in [2.05, 4.69) is 18.9 Å². The van der Waals surface area contributed by atoms with E-state index in [1.165, 1.54) is 83.6 Å². The number of unbranched alkanes of at least 4 members (excludes halogenated alkanes) is 7. The Morgan fingerprint density at radius 3 is 1.95 bits per heavy atom. The molecule has 1 saturated carbocycles. The van der Waals surface area contributed by atoms with Crippen LogP contribution in [0.2, 0.25) is 0 Å². The third-order valence-electron chi connectivity index (χ3n) is 5.07. The predicted molar refractivity (Wildman–Crippen MR) is 85.5 cm³/mol. The first-order chi connectivity index (χ1) is 9.25. The number of hydrogen-bond acceptors (Lipinski definition) is 2. The molecule has 19 heavy (non-hydrogen) atoms. The minimum absolute atomic E-state index is 0.348. The first-order valence-corrected chi connectivity index (χ1v) is 8.66. The fourth-order valence-electron chi connectivity index (χ4n) is 3.49. The lowest BCUT2D eigenvalue weighted by atomic mass is 9.95. The number of nitrogens with two attached hydrogens (primary N) is 1. The van der Waals surface area contributed by atoms with E-state index in [4.69, 9.17) is 5.73 Å². The molecule has 0 aromatic heterocycles. The highest BCUT2D eigenvalue weighted by Crippen LogP contribution is 2.33. The SMILES string of the molecule is CCCCCCCCCCN(C)C1(CN)CCCC1. The first kappa shape index (κ1) is 17.0. The predicted octanol–water partition coefficient (Wildman–Crippen LogP) is 4.33. The molecule has 0 amide bonds. The number of nitrogens with zero attached hydrogens (tertiary/aromatic N) is 1. The Morgan fingerprint density at radius 1 is 0.895 bits per heavy atom. The van der Waals surface area contributed by atoms with Crippen molar-refractivity contribution in [2.45, 2.75) is 89.5 Å². The second-order valence-corrected chi connectivity index (χ2v) is 6.53. The highest BCUT2D eigenvalue weighted by molar-refractivity contribution is 4.94. The van der Waals surface area contributed by atoms with Crippen molar-refractivity contribution in [3.63, 3.8) is 0 Å². The van der Waals surface area contributed by atoms with E-state index in [1.807, 2.05) is 0 Å². The number of likely N-dealkylation sites (N-methyl/N-ethyl adjacent to an activating group) is 1. The molecule has 0 saturated heterocycles. The van der Waals surface area contributed by atoms with Crippen molar-refractivity contribution in [3.8, 4) is 0 Å². The van der Waals surface area contributed by atoms with Gasteiger partial charge in [0.1, 0.15) is 0 Å². The summed E-state index contributed by atoms with van der Waals surface area (Å²) < 4.78 is 0. The van der Waals surface area contributed by atoms with Gasteiger partial charge in [-0.2, -0.15) is 0 Å². The summed E-state index contributed by atoms with van der Waals surface area (Å²) in [5.74, 6) is 0. The van der Waals surface area contributed by atoms with E-state index in [9.17, 15) is 0 Å². The van der Waals surface area contributed by atoms with Gasteiger partial charge in [-0.3, -0.25) is 4.90 Å². The molecule has 114 valence electrons. The van der Waals surface area contributed by atoms with Crippen molar-refractivity contribution < 1.29 is 0 Å². The third kappa shape index (κ3) is 5.83. The van der Waals surface area contributed by atoms with Gasteiger partial charge in [0, 0.05) is 12.1 Å². The number of hydrogen-bond donors (Lipinski definition) is 1. The molecule has 0 radical (unpaired) electrons. The van der Waals surface area contributed by atoms with Crippen LogP contribution in [0.1, 0.15) is 84.0 Å². The topological polar surface area (TPSA) is 29.3 Å². The Morgan fingerprint density at radius 2 is 1.42 bits per heavy atom. The van der Waals surface area contributed by atoms with E-state index in [0.717, 1.165) is 6.54 Å². The average molecular weight is 268 g/mol. The Kier molecular flexibility index (Phi) is 8.72. The first-order valence-electron chi connectivity index (χ1n) is 8.66. The second kappa shape index (κ2) is 9.77. The molecule has 0 unspecified atom stereocenters. The molecule has 0 bridgehead atoms. The third-order valence-corrected chi connectivity index (χ3v) is 5.07. The molecule has 2 N–H and O–H groups in total. The maximum absolute atomic E-state index is 6.03. The Balaban J connectivity index is 2.02. The zero-order chi connectivity index (χ0) is 14.0. The molecule has 0 aromatic carbocycles. The highest BCUT2D eigenvalue weighted by atomic mass is 15.2. The lowest BCUT2D eigenvalue weighted by Crippen LogP contribution is -2.50. The maximum Gasteiger partial charge on any atom is 0.0328 e. The normalized spacial score (nSPS) is 18.3. The van der Waals surface area contributed by atoms with Crippen LogP contribution in [-0.4, -0.2) is 30.6 Å².